The Morgan fingerprint density at radius 2 is 1.23 bits per heavy atom. The molecule has 0 bridgehead atoms. The second-order valence-corrected chi connectivity index (χ2v) is 7.05. The first-order valence-electron chi connectivity index (χ1n) is 10.7. The van der Waals surface area contributed by atoms with Crippen LogP contribution in [0, 0.1) is 0 Å². The van der Waals surface area contributed by atoms with Gasteiger partial charge in [0.25, 0.3) is 0 Å². The van der Waals surface area contributed by atoms with Crippen LogP contribution in [0.5, 0.6) is 5.75 Å². The first-order chi connectivity index (χ1) is 12.8. The Balaban J connectivity index is 1.71. The van der Waals surface area contributed by atoms with Gasteiger partial charge >= 0.3 is 0 Å². The molecule has 1 aromatic carbocycles. The monoisotopic (exact) mass is 364 g/mol. The predicted octanol–water partition coefficient (Wildman–Crippen LogP) is 6.41. The first kappa shape index (κ1) is 23.0. The third-order valence-electron chi connectivity index (χ3n) is 4.61. The Kier molecular flexibility index (Phi) is 15.3. The SMILES string of the molecule is CCC(C)OCCCCCCCCOCCCCCOc1ccccc1. The van der Waals surface area contributed by atoms with Crippen LogP contribution in [-0.2, 0) is 9.47 Å². The van der Waals surface area contributed by atoms with Gasteiger partial charge in [-0.3, -0.25) is 0 Å². The number of para-hydroxylation sites is 1. The molecule has 0 saturated heterocycles. The van der Waals surface area contributed by atoms with Crippen molar-refractivity contribution in [2.45, 2.75) is 84.2 Å². The summed E-state index contributed by atoms with van der Waals surface area (Å²) in [6, 6.07) is 10.0. The van der Waals surface area contributed by atoms with E-state index >= 15 is 0 Å². The van der Waals surface area contributed by atoms with Crippen LogP contribution in [0.15, 0.2) is 30.3 Å². The minimum Gasteiger partial charge on any atom is -0.494 e. The smallest absolute Gasteiger partial charge is 0.119 e. The van der Waals surface area contributed by atoms with E-state index in [1.807, 2.05) is 30.3 Å². The molecule has 0 amide bonds. The summed E-state index contributed by atoms with van der Waals surface area (Å²) >= 11 is 0. The molecule has 0 spiro atoms. The Bertz CT molecular complexity index is 394. The van der Waals surface area contributed by atoms with Gasteiger partial charge in [0, 0.05) is 19.8 Å². The summed E-state index contributed by atoms with van der Waals surface area (Å²) in [6.07, 6.45) is 12.6. The highest BCUT2D eigenvalue weighted by Crippen LogP contribution is 2.10. The predicted molar refractivity (Wildman–Crippen MR) is 110 cm³/mol. The van der Waals surface area contributed by atoms with Crippen molar-refractivity contribution in [3.8, 4) is 5.75 Å². The molecule has 150 valence electrons. The summed E-state index contributed by atoms with van der Waals surface area (Å²) in [5, 5.41) is 0. The van der Waals surface area contributed by atoms with Crippen LogP contribution in [0.4, 0.5) is 0 Å². The van der Waals surface area contributed by atoms with Crippen LogP contribution in [0.3, 0.4) is 0 Å². The minimum absolute atomic E-state index is 0.420. The van der Waals surface area contributed by atoms with Gasteiger partial charge in [0.05, 0.1) is 12.7 Å². The molecule has 0 aliphatic rings. The minimum atomic E-state index is 0.420. The van der Waals surface area contributed by atoms with Crippen molar-refractivity contribution in [1.29, 1.82) is 0 Å². The highest BCUT2D eigenvalue weighted by Gasteiger charge is 1.98. The van der Waals surface area contributed by atoms with Gasteiger partial charge in [-0.25, -0.2) is 0 Å². The molecule has 3 heteroatoms. The van der Waals surface area contributed by atoms with Crippen LogP contribution in [0.25, 0.3) is 0 Å². The van der Waals surface area contributed by atoms with Gasteiger partial charge in [0.1, 0.15) is 5.75 Å². The Morgan fingerprint density at radius 3 is 1.88 bits per heavy atom. The third kappa shape index (κ3) is 14.1. The van der Waals surface area contributed by atoms with E-state index in [9.17, 15) is 0 Å². The molecule has 0 saturated carbocycles. The summed E-state index contributed by atoms with van der Waals surface area (Å²) in [7, 11) is 0. The summed E-state index contributed by atoms with van der Waals surface area (Å²) < 4.78 is 17.1. The lowest BCUT2D eigenvalue weighted by molar-refractivity contribution is 0.0607. The van der Waals surface area contributed by atoms with Gasteiger partial charge in [0.2, 0.25) is 0 Å². The maximum Gasteiger partial charge on any atom is 0.119 e. The molecule has 0 aromatic heterocycles. The van der Waals surface area contributed by atoms with E-state index < -0.39 is 0 Å². The van der Waals surface area contributed by atoms with Gasteiger partial charge in [-0.15, -0.1) is 0 Å². The number of hydrogen-bond donors (Lipinski definition) is 0. The van der Waals surface area contributed by atoms with Crippen molar-refractivity contribution < 1.29 is 14.2 Å². The third-order valence-corrected chi connectivity index (χ3v) is 4.61. The molecule has 1 unspecified atom stereocenters. The molecular weight excluding hydrogens is 324 g/mol. The fraction of sp³-hybridized carbons (Fsp3) is 0.739. The molecule has 3 nitrogen and oxygen atoms in total. The number of benzene rings is 1. The van der Waals surface area contributed by atoms with E-state index in [1.165, 1.54) is 44.9 Å². The molecule has 0 aliphatic heterocycles. The number of unbranched alkanes of at least 4 members (excludes halogenated alkanes) is 7. The second kappa shape index (κ2) is 17.4. The van der Waals surface area contributed by atoms with Crippen LogP contribution >= 0.6 is 0 Å². The fourth-order valence-electron chi connectivity index (χ4n) is 2.71. The number of ether oxygens (including phenoxy) is 3. The lowest BCUT2D eigenvalue weighted by atomic mass is 10.1. The van der Waals surface area contributed by atoms with Gasteiger partial charge in [-0.05, 0) is 57.6 Å². The van der Waals surface area contributed by atoms with Gasteiger partial charge in [0.15, 0.2) is 0 Å². The maximum absolute atomic E-state index is 5.72. The lowest BCUT2D eigenvalue weighted by Gasteiger charge is -2.10. The van der Waals surface area contributed by atoms with Gasteiger partial charge < -0.3 is 14.2 Å². The van der Waals surface area contributed by atoms with Crippen molar-refractivity contribution in [3.63, 3.8) is 0 Å². The van der Waals surface area contributed by atoms with E-state index in [0.29, 0.717) is 6.10 Å². The summed E-state index contributed by atoms with van der Waals surface area (Å²) in [5.74, 6) is 0.965. The summed E-state index contributed by atoms with van der Waals surface area (Å²) in [6.45, 7) is 7.85. The molecule has 0 aliphatic carbocycles. The summed E-state index contributed by atoms with van der Waals surface area (Å²) in [4.78, 5) is 0. The first-order valence-corrected chi connectivity index (χ1v) is 10.7. The van der Waals surface area contributed by atoms with E-state index in [-0.39, 0.29) is 0 Å². The van der Waals surface area contributed by atoms with Gasteiger partial charge in [-0.1, -0.05) is 50.8 Å². The average molecular weight is 365 g/mol. The molecule has 0 radical (unpaired) electrons. The Labute approximate surface area is 161 Å². The highest BCUT2D eigenvalue weighted by atomic mass is 16.5. The molecule has 26 heavy (non-hydrogen) atoms. The van der Waals surface area contributed by atoms with Crippen molar-refractivity contribution >= 4 is 0 Å². The molecule has 0 N–H and O–H groups in total. The fourth-order valence-corrected chi connectivity index (χ4v) is 2.71. The van der Waals surface area contributed by atoms with E-state index in [4.69, 9.17) is 14.2 Å². The largest absolute Gasteiger partial charge is 0.494 e. The quantitative estimate of drug-likeness (QED) is 0.282. The van der Waals surface area contributed by atoms with Crippen LogP contribution in [-0.4, -0.2) is 32.5 Å². The topological polar surface area (TPSA) is 27.7 Å². The molecule has 1 aromatic rings. The van der Waals surface area contributed by atoms with Crippen LogP contribution in [0.1, 0.15) is 78.1 Å². The lowest BCUT2D eigenvalue weighted by Crippen LogP contribution is -2.07. The Hall–Kier alpha value is -1.06. The van der Waals surface area contributed by atoms with E-state index in [0.717, 1.165) is 51.4 Å². The number of rotatable bonds is 18. The molecule has 1 rings (SSSR count). The summed E-state index contributed by atoms with van der Waals surface area (Å²) in [5.41, 5.74) is 0. The van der Waals surface area contributed by atoms with E-state index in [1.54, 1.807) is 0 Å². The zero-order chi connectivity index (χ0) is 18.7. The number of hydrogen-bond acceptors (Lipinski definition) is 3. The van der Waals surface area contributed by atoms with Crippen LogP contribution in [0.2, 0.25) is 0 Å². The Morgan fingerprint density at radius 1 is 0.692 bits per heavy atom. The zero-order valence-electron chi connectivity index (χ0n) is 17.1. The average Bonchev–Trinajstić information content (AvgIpc) is 2.68. The maximum atomic E-state index is 5.72. The van der Waals surface area contributed by atoms with Gasteiger partial charge in [-0.2, -0.15) is 0 Å². The van der Waals surface area contributed by atoms with E-state index in [2.05, 4.69) is 13.8 Å². The van der Waals surface area contributed by atoms with Crippen molar-refractivity contribution in [3.05, 3.63) is 30.3 Å². The molecule has 0 fully saturated rings. The standard InChI is InChI=1S/C23H40O3/c1-3-22(2)25-20-14-7-5-4-6-12-18-24-19-13-9-15-21-26-23-16-10-8-11-17-23/h8,10-11,16-17,22H,3-7,9,12-15,18-21H2,1-2H3. The molecular formula is C23H40O3. The normalized spacial score (nSPS) is 12.2. The van der Waals surface area contributed by atoms with Crippen molar-refractivity contribution in [2.24, 2.45) is 0 Å². The molecule has 1 atom stereocenters. The zero-order valence-corrected chi connectivity index (χ0v) is 17.1. The second-order valence-electron chi connectivity index (χ2n) is 7.05. The van der Waals surface area contributed by atoms with Crippen molar-refractivity contribution in [1.82, 2.24) is 0 Å². The highest BCUT2D eigenvalue weighted by molar-refractivity contribution is 5.20. The molecule has 0 heterocycles. The van der Waals surface area contributed by atoms with Crippen molar-refractivity contribution in [2.75, 3.05) is 26.4 Å². The van der Waals surface area contributed by atoms with Crippen LogP contribution < -0.4 is 4.74 Å².